The van der Waals surface area contributed by atoms with E-state index < -0.39 is 11.6 Å². The van der Waals surface area contributed by atoms with Crippen LogP contribution in [-0.2, 0) is 4.79 Å². The van der Waals surface area contributed by atoms with Gasteiger partial charge in [-0.2, -0.15) is 0 Å². The lowest BCUT2D eigenvalue weighted by Gasteiger charge is -2.38. The number of hydrogen-bond donors (Lipinski definition) is 1. The highest BCUT2D eigenvalue weighted by Gasteiger charge is 2.36. The van der Waals surface area contributed by atoms with Crippen LogP contribution < -0.4 is 5.32 Å². The Labute approximate surface area is 155 Å². The first-order chi connectivity index (χ1) is 12.5. The molecule has 2 aliphatic rings. The molecule has 8 heteroatoms. The molecule has 2 aromatic rings. The Balaban J connectivity index is 1.52. The third-order valence-corrected chi connectivity index (χ3v) is 6.24. The number of anilines is 1. The number of hydrogen-bond acceptors (Lipinski definition) is 5. The predicted octanol–water partition coefficient (Wildman–Crippen LogP) is 3.07. The number of carbonyl (C=O) groups excluding carboxylic acids is 1. The van der Waals surface area contributed by atoms with E-state index in [9.17, 15) is 13.6 Å². The van der Waals surface area contributed by atoms with E-state index in [-0.39, 0.29) is 17.5 Å². The first-order valence-electron chi connectivity index (χ1n) is 9.02. The van der Waals surface area contributed by atoms with Crippen molar-refractivity contribution in [2.24, 2.45) is 0 Å². The standard InChI is InChI=1S/C18H22F2N4OS/c1-23-7-5-12(10-23)24-6-3-2-4-14(24)17(25)22-18-21-16-13(20)8-11(19)9-15(16)26-18/h8-9,12,14H,2-7,10H2,1H3,(H,21,22,25). The minimum atomic E-state index is -0.704. The van der Waals surface area contributed by atoms with Crippen molar-refractivity contribution in [3.8, 4) is 0 Å². The Hall–Kier alpha value is -1.64. The Bertz CT molecular complexity index is 827. The van der Waals surface area contributed by atoms with Crippen LogP contribution in [0.1, 0.15) is 25.7 Å². The van der Waals surface area contributed by atoms with Crippen molar-refractivity contribution in [2.75, 3.05) is 32.0 Å². The van der Waals surface area contributed by atoms with Gasteiger partial charge < -0.3 is 10.2 Å². The van der Waals surface area contributed by atoms with E-state index in [2.05, 4.69) is 27.1 Å². The van der Waals surface area contributed by atoms with Crippen molar-refractivity contribution in [2.45, 2.75) is 37.8 Å². The van der Waals surface area contributed by atoms with E-state index in [0.29, 0.717) is 15.9 Å². The van der Waals surface area contributed by atoms with Gasteiger partial charge in [-0.05, 0) is 45.5 Å². The molecule has 0 aliphatic carbocycles. The van der Waals surface area contributed by atoms with E-state index in [1.165, 1.54) is 6.07 Å². The van der Waals surface area contributed by atoms with Gasteiger partial charge in [0, 0.05) is 18.7 Å². The fourth-order valence-corrected chi connectivity index (χ4v) is 4.96. The van der Waals surface area contributed by atoms with E-state index in [4.69, 9.17) is 0 Å². The van der Waals surface area contributed by atoms with Crippen LogP contribution in [0.4, 0.5) is 13.9 Å². The molecular weight excluding hydrogens is 358 g/mol. The molecule has 1 aromatic carbocycles. The van der Waals surface area contributed by atoms with Crippen LogP contribution in [0, 0.1) is 11.6 Å². The fourth-order valence-electron chi connectivity index (χ4n) is 4.05. The van der Waals surface area contributed by atoms with Crippen LogP contribution in [0.25, 0.3) is 10.2 Å². The van der Waals surface area contributed by atoms with Crippen LogP contribution in [0.2, 0.25) is 0 Å². The molecule has 4 rings (SSSR count). The normalized spacial score (nSPS) is 25.0. The Morgan fingerprint density at radius 3 is 2.88 bits per heavy atom. The molecule has 2 saturated heterocycles. The first-order valence-corrected chi connectivity index (χ1v) is 9.83. The summed E-state index contributed by atoms with van der Waals surface area (Å²) in [6, 6.07) is 2.27. The van der Waals surface area contributed by atoms with Gasteiger partial charge in [-0.15, -0.1) is 0 Å². The molecule has 2 atom stereocenters. The number of aromatic nitrogens is 1. The number of likely N-dealkylation sites (N-methyl/N-ethyl adjacent to an activating group) is 1. The maximum absolute atomic E-state index is 13.8. The maximum Gasteiger partial charge on any atom is 0.243 e. The van der Waals surface area contributed by atoms with Crippen LogP contribution in [0.3, 0.4) is 0 Å². The summed E-state index contributed by atoms with van der Waals surface area (Å²) in [5.74, 6) is -1.44. The highest BCUT2D eigenvalue weighted by molar-refractivity contribution is 7.22. The molecule has 2 aliphatic heterocycles. The number of benzene rings is 1. The number of nitrogens with one attached hydrogen (secondary N) is 1. The molecule has 5 nitrogen and oxygen atoms in total. The number of likely N-dealkylation sites (tertiary alicyclic amines) is 2. The molecule has 1 N–H and O–H groups in total. The van der Waals surface area contributed by atoms with Crippen LogP contribution in [0.5, 0.6) is 0 Å². The molecule has 0 radical (unpaired) electrons. The molecule has 2 fully saturated rings. The number of nitrogens with zero attached hydrogens (tertiary/aromatic N) is 3. The minimum absolute atomic E-state index is 0.0980. The molecule has 1 amide bonds. The highest BCUT2D eigenvalue weighted by atomic mass is 32.1. The monoisotopic (exact) mass is 380 g/mol. The topological polar surface area (TPSA) is 48.5 Å². The number of thiazole rings is 1. The molecule has 0 spiro atoms. The number of halogens is 2. The number of piperidine rings is 1. The minimum Gasteiger partial charge on any atom is -0.305 e. The summed E-state index contributed by atoms with van der Waals surface area (Å²) >= 11 is 1.10. The number of carbonyl (C=O) groups is 1. The van der Waals surface area contributed by atoms with E-state index in [0.717, 1.165) is 62.7 Å². The highest BCUT2D eigenvalue weighted by Crippen LogP contribution is 2.30. The van der Waals surface area contributed by atoms with E-state index in [1.54, 1.807) is 0 Å². The van der Waals surface area contributed by atoms with Crippen molar-refractivity contribution < 1.29 is 13.6 Å². The van der Waals surface area contributed by atoms with Gasteiger partial charge in [0.1, 0.15) is 11.3 Å². The van der Waals surface area contributed by atoms with Crippen LogP contribution >= 0.6 is 11.3 Å². The van der Waals surface area contributed by atoms with E-state index in [1.807, 2.05) is 0 Å². The molecular formula is C18H22F2N4OS. The average molecular weight is 380 g/mol. The summed E-state index contributed by atoms with van der Waals surface area (Å²) in [5, 5.41) is 3.16. The first kappa shape index (κ1) is 17.8. The Kier molecular flexibility index (Phi) is 4.90. The Morgan fingerprint density at radius 2 is 2.12 bits per heavy atom. The Morgan fingerprint density at radius 1 is 1.27 bits per heavy atom. The summed E-state index contributed by atoms with van der Waals surface area (Å²) < 4.78 is 27.6. The van der Waals surface area contributed by atoms with Gasteiger partial charge in [0.05, 0.1) is 10.7 Å². The van der Waals surface area contributed by atoms with Gasteiger partial charge in [-0.3, -0.25) is 9.69 Å². The summed E-state index contributed by atoms with van der Waals surface area (Å²) in [7, 11) is 2.10. The van der Waals surface area contributed by atoms with Crippen molar-refractivity contribution in [3.63, 3.8) is 0 Å². The lowest BCUT2D eigenvalue weighted by molar-refractivity contribution is -0.123. The zero-order chi connectivity index (χ0) is 18.3. The van der Waals surface area contributed by atoms with Gasteiger partial charge in [-0.1, -0.05) is 17.8 Å². The second-order valence-electron chi connectivity index (χ2n) is 7.20. The zero-order valence-corrected chi connectivity index (χ0v) is 15.5. The van der Waals surface area contributed by atoms with Crippen molar-refractivity contribution in [1.29, 1.82) is 0 Å². The molecule has 0 bridgehead atoms. The third-order valence-electron chi connectivity index (χ3n) is 5.33. The SMILES string of the molecule is CN1CCC(N2CCCCC2C(=O)Nc2nc3c(F)cc(F)cc3s2)C1. The van der Waals surface area contributed by atoms with Gasteiger partial charge >= 0.3 is 0 Å². The van der Waals surface area contributed by atoms with Crippen molar-refractivity contribution in [3.05, 3.63) is 23.8 Å². The molecule has 1 aromatic heterocycles. The van der Waals surface area contributed by atoms with Gasteiger partial charge in [0.25, 0.3) is 0 Å². The van der Waals surface area contributed by atoms with Gasteiger partial charge in [0.2, 0.25) is 5.91 Å². The number of amides is 1. The summed E-state index contributed by atoms with van der Waals surface area (Å²) in [6.45, 7) is 2.96. The van der Waals surface area contributed by atoms with Crippen molar-refractivity contribution >= 4 is 32.6 Å². The maximum atomic E-state index is 13.8. The van der Waals surface area contributed by atoms with Gasteiger partial charge in [-0.25, -0.2) is 13.8 Å². The quantitative estimate of drug-likeness (QED) is 0.889. The summed E-state index contributed by atoms with van der Waals surface area (Å²) in [4.78, 5) is 21.6. The largest absolute Gasteiger partial charge is 0.305 e. The molecule has 0 saturated carbocycles. The fraction of sp³-hybridized carbons (Fsp3) is 0.556. The molecule has 2 unspecified atom stereocenters. The lowest BCUT2D eigenvalue weighted by atomic mass is 9.98. The predicted molar refractivity (Wildman–Crippen MR) is 98.4 cm³/mol. The zero-order valence-electron chi connectivity index (χ0n) is 14.7. The number of rotatable bonds is 3. The average Bonchev–Trinajstić information content (AvgIpc) is 3.21. The molecule has 26 heavy (non-hydrogen) atoms. The second kappa shape index (κ2) is 7.17. The summed E-state index contributed by atoms with van der Waals surface area (Å²) in [5.41, 5.74) is 0.101. The van der Waals surface area contributed by atoms with E-state index >= 15 is 0 Å². The second-order valence-corrected chi connectivity index (χ2v) is 8.23. The lowest BCUT2D eigenvalue weighted by Crippen LogP contribution is -2.52. The van der Waals surface area contributed by atoms with Gasteiger partial charge in [0.15, 0.2) is 10.9 Å². The third kappa shape index (κ3) is 3.45. The van der Waals surface area contributed by atoms with Crippen molar-refractivity contribution in [1.82, 2.24) is 14.8 Å². The van der Waals surface area contributed by atoms with Crippen LogP contribution in [0.15, 0.2) is 12.1 Å². The number of fused-ring (bicyclic) bond motifs is 1. The summed E-state index contributed by atoms with van der Waals surface area (Å²) in [6.07, 6.45) is 4.03. The molecule has 3 heterocycles. The van der Waals surface area contributed by atoms with Crippen LogP contribution in [-0.4, -0.2) is 59.5 Å². The molecule has 140 valence electrons. The smallest absolute Gasteiger partial charge is 0.243 e.